The van der Waals surface area contributed by atoms with E-state index < -0.39 is 18.0 Å². The monoisotopic (exact) mass is 196 g/mol. The van der Waals surface area contributed by atoms with E-state index in [0.29, 0.717) is 0 Å². The molecular weight excluding hydrogens is 180 g/mol. The van der Waals surface area contributed by atoms with Gasteiger partial charge in [0.05, 0.1) is 6.10 Å². The van der Waals surface area contributed by atoms with Crippen molar-refractivity contribution in [2.75, 3.05) is 0 Å². The average molecular weight is 196 g/mol. The van der Waals surface area contributed by atoms with Gasteiger partial charge in [-0.25, -0.2) is 0 Å². The molecule has 0 unspecified atom stereocenters. The SMILES string of the molecule is C#CC[C@H](O)[C@@H]1OC(C)(C)O[C@@H]1C=C. The average Bonchev–Trinajstić information content (AvgIpc) is 2.41. The number of terminal acetylenes is 1. The molecule has 1 N–H and O–H groups in total. The molecule has 0 radical (unpaired) electrons. The number of hydrogen-bond acceptors (Lipinski definition) is 3. The molecule has 0 bridgehead atoms. The van der Waals surface area contributed by atoms with E-state index in [2.05, 4.69) is 12.5 Å². The maximum atomic E-state index is 9.69. The molecule has 78 valence electrons. The van der Waals surface area contributed by atoms with Crippen molar-refractivity contribution in [3.05, 3.63) is 12.7 Å². The zero-order valence-corrected chi connectivity index (χ0v) is 8.56. The number of aliphatic hydroxyl groups is 1. The summed E-state index contributed by atoms with van der Waals surface area (Å²) in [6.07, 6.45) is 5.58. The maximum absolute atomic E-state index is 9.69. The van der Waals surface area contributed by atoms with Crippen LogP contribution in [0, 0.1) is 12.3 Å². The zero-order valence-electron chi connectivity index (χ0n) is 8.56. The van der Waals surface area contributed by atoms with E-state index in [0.717, 1.165) is 0 Å². The van der Waals surface area contributed by atoms with E-state index in [-0.39, 0.29) is 12.5 Å². The molecular formula is C11H16O3. The fraction of sp³-hybridized carbons (Fsp3) is 0.636. The van der Waals surface area contributed by atoms with Crippen LogP contribution in [-0.4, -0.2) is 29.2 Å². The highest BCUT2D eigenvalue weighted by Crippen LogP contribution is 2.31. The highest BCUT2D eigenvalue weighted by molar-refractivity contribution is 4.99. The van der Waals surface area contributed by atoms with Crippen molar-refractivity contribution >= 4 is 0 Å². The van der Waals surface area contributed by atoms with E-state index >= 15 is 0 Å². The summed E-state index contributed by atoms with van der Waals surface area (Å²) in [7, 11) is 0. The minimum absolute atomic E-state index is 0.258. The lowest BCUT2D eigenvalue weighted by molar-refractivity contribution is -0.152. The van der Waals surface area contributed by atoms with Crippen molar-refractivity contribution < 1.29 is 14.6 Å². The predicted octanol–water partition coefficient (Wildman–Crippen LogP) is 1.08. The zero-order chi connectivity index (χ0) is 10.8. The third-order valence-corrected chi connectivity index (χ3v) is 2.10. The first-order valence-corrected chi connectivity index (χ1v) is 4.60. The fourth-order valence-corrected chi connectivity index (χ4v) is 1.53. The molecule has 1 rings (SSSR count). The Morgan fingerprint density at radius 1 is 1.64 bits per heavy atom. The second-order valence-corrected chi connectivity index (χ2v) is 3.78. The molecule has 0 aliphatic carbocycles. The summed E-state index contributed by atoms with van der Waals surface area (Å²) < 4.78 is 11.0. The molecule has 3 heteroatoms. The van der Waals surface area contributed by atoms with Gasteiger partial charge in [0, 0.05) is 6.42 Å². The molecule has 0 aromatic rings. The third kappa shape index (κ3) is 2.36. The van der Waals surface area contributed by atoms with Crippen LogP contribution in [0.5, 0.6) is 0 Å². The lowest BCUT2D eigenvalue weighted by atomic mass is 10.1. The first kappa shape index (κ1) is 11.3. The van der Waals surface area contributed by atoms with Gasteiger partial charge in [-0.2, -0.15) is 0 Å². The first-order chi connectivity index (χ1) is 6.50. The number of hydrogen-bond donors (Lipinski definition) is 1. The first-order valence-electron chi connectivity index (χ1n) is 4.60. The number of ether oxygens (including phenoxy) is 2. The Balaban J connectivity index is 2.69. The molecule has 1 heterocycles. The van der Waals surface area contributed by atoms with Gasteiger partial charge in [-0.15, -0.1) is 18.9 Å². The van der Waals surface area contributed by atoms with Crippen LogP contribution in [0.1, 0.15) is 20.3 Å². The molecule has 1 aliphatic heterocycles. The number of aliphatic hydroxyl groups excluding tert-OH is 1. The topological polar surface area (TPSA) is 38.7 Å². The van der Waals surface area contributed by atoms with Crippen LogP contribution in [0.2, 0.25) is 0 Å². The Labute approximate surface area is 84.7 Å². The van der Waals surface area contributed by atoms with Crippen LogP contribution in [0.25, 0.3) is 0 Å². The highest BCUT2D eigenvalue weighted by Gasteiger charge is 2.42. The van der Waals surface area contributed by atoms with Crippen molar-refractivity contribution in [1.29, 1.82) is 0 Å². The standard InChI is InChI=1S/C11H16O3/c1-5-7-8(12)10-9(6-2)13-11(3,4)14-10/h1,6,8-10,12H,2,7H2,3-4H3/t8-,9+,10-/m0/s1. The van der Waals surface area contributed by atoms with Gasteiger partial charge in [0.25, 0.3) is 0 Å². The van der Waals surface area contributed by atoms with Crippen molar-refractivity contribution in [3.63, 3.8) is 0 Å². The van der Waals surface area contributed by atoms with Crippen LogP contribution < -0.4 is 0 Å². The molecule has 3 nitrogen and oxygen atoms in total. The van der Waals surface area contributed by atoms with Crippen LogP contribution in [0.15, 0.2) is 12.7 Å². The Morgan fingerprint density at radius 3 is 2.79 bits per heavy atom. The summed E-state index contributed by atoms with van der Waals surface area (Å²) in [5.74, 6) is 1.72. The maximum Gasteiger partial charge on any atom is 0.164 e. The quantitative estimate of drug-likeness (QED) is 0.542. The summed E-state index contributed by atoms with van der Waals surface area (Å²) in [5.41, 5.74) is 0. The molecule has 0 saturated carbocycles. The Kier molecular flexibility index (Phi) is 3.33. The third-order valence-electron chi connectivity index (χ3n) is 2.10. The Hall–Kier alpha value is -0.820. The van der Waals surface area contributed by atoms with Gasteiger partial charge in [-0.05, 0) is 13.8 Å². The predicted molar refractivity (Wildman–Crippen MR) is 53.5 cm³/mol. The van der Waals surface area contributed by atoms with E-state index in [1.54, 1.807) is 19.9 Å². The highest BCUT2D eigenvalue weighted by atomic mass is 16.8. The van der Waals surface area contributed by atoms with Crippen molar-refractivity contribution in [3.8, 4) is 12.3 Å². The second-order valence-electron chi connectivity index (χ2n) is 3.78. The van der Waals surface area contributed by atoms with Gasteiger partial charge in [0.2, 0.25) is 0 Å². The lowest BCUT2D eigenvalue weighted by Gasteiger charge is -2.19. The van der Waals surface area contributed by atoms with Crippen molar-refractivity contribution in [2.45, 2.75) is 44.4 Å². The number of rotatable bonds is 3. The summed E-state index contributed by atoms with van der Waals surface area (Å²) >= 11 is 0. The fourth-order valence-electron chi connectivity index (χ4n) is 1.53. The normalized spacial score (nSPS) is 32.1. The second kappa shape index (κ2) is 4.14. The van der Waals surface area contributed by atoms with E-state index in [1.165, 1.54) is 0 Å². The summed E-state index contributed by atoms with van der Waals surface area (Å²) in [6, 6.07) is 0. The molecule has 1 saturated heterocycles. The molecule has 1 aliphatic rings. The molecule has 3 atom stereocenters. The summed E-state index contributed by atoms with van der Waals surface area (Å²) in [4.78, 5) is 0. The van der Waals surface area contributed by atoms with Gasteiger partial charge in [0.15, 0.2) is 5.79 Å². The van der Waals surface area contributed by atoms with Crippen LogP contribution in [0.3, 0.4) is 0 Å². The smallest absolute Gasteiger partial charge is 0.164 e. The molecule has 0 aromatic carbocycles. The van der Waals surface area contributed by atoms with E-state index in [9.17, 15) is 5.11 Å². The van der Waals surface area contributed by atoms with Crippen LogP contribution >= 0.6 is 0 Å². The van der Waals surface area contributed by atoms with Gasteiger partial charge in [-0.3, -0.25) is 0 Å². The van der Waals surface area contributed by atoms with Crippen LogP contribution in [0.4, 0.5) is 0 Å². The summed E-state index contributed by atoms with van der Waals surface area (Å²) in [6.45, 7) is 7.23. The van der Waals surface area contributed by atoms with Crippen LogP contribution in [-0.2, 0) is 9.47 Å². The molecule has 0 amide bonds. The van der Waals surface area contributed by atoms with E-state index in [4.69, 9.17) is 15.9 Å². The van der Waals surface area contributed by atoms with Crippen molar-refractivity contribution in [1.82, 2.24) is 0 Å². The minimum atomic E-state index is -0.704. The minimum Gasteiger partial charge on any atom is -0.389 e. The Bertz CT molecular complexity index is 252. The lowest BCUT2D eigenvalue weighted by Crippen LogP contribution is -2.34. The molecule has 0 spiro atoms. The molecule has 14 heavy (non-hydrogen) atoms. The Morgan fingerprint density at radius 2 is 2.29 bits per heavy atom. The van der Waals surface area contributed by atoms with Crippen molar-refractivity contribution in [2.24, 2.45) is 0 Å². The van der Waals surface area contributed by atoms with Gasteiger partial charge >= 0.3 is 0 Å². The largest absolute Gasteiger partial charge is 0.389 e. The van der Waals surface area contributed by atoms with Gasteiger partial charge < -0.3 is 14.6 Å². The molecule has 1 fully saturated rings. The van der Waals surface area contributed by atoms with Gasteiger partial charge in [0.1, 0.15) is 12.2 Å². The summed E-state index contributed by atoms with van der Waals surface area (Å²) in [5, 5.41) is 9.69. The molecule has 0 aromatic heterocycles. The van der Waals surface area contributed by atoms with Gasteiger partial charge in [-0.1, -0.05) is 6.08 Å². The van der Waals surface area contributed by atoms with E-state index in [1.807, 2.05) is 0 Å².